The van der Waals surface area contributed by atoms with Crippen molar-refractivity contribution in [3.8, 4) is 5.88 Å². The number of nitrogens with zero attached hydrogens (tertiary/aromatic N) is 1. The number of ether oxygens (including phenoxy) is 1. The van der Waals surface area contributed by atoms with Gasteiger partial charge >= 0.3 is 0 Å². The van der Waals surface area contributed by atoms with Gasteiger partial charge in [-0.2, -0.15) is 9.37 Å². The van der Waals surface area contributed by atoms with Crippen LogP contribution in [0.1, 0.15) is 12.0 Å². The molecule has 0 radical (unpaired) electrons. The van der Waals surface area contributed by atoms with Gasteiger partial charge in [-0.1, -0.05) is 0 Å². The van der Waals surface area contributed by atoms with Gasteiger partial charge in [0.25, 0.3) is 6.43 Å². The third-order valence-corrected chi connectivity index (χ3v) is 2.11. The lowest BCUT2D eigenvalue weighted by atomic mass is 10.3. The minimum absolute atomic E-state index is 0.0497. The standard InChI is InChI=1S/C7H5F3INO/c1-13-7-3(5(8)9)2-4(11)6(10)12-7/h2,5H,1H3. The molecule has 72 valence electrons. The van der Waals surface area contributed by atoms with Gasteiger partial charge < -0.3 is 4.74 Å². The molecule has 0 unspecified atom stereocenters. The summed E-state index contributed by atoms with van der Waals surface area (Å²) in [6, 6.07) is 1.02. The fourth-order valence-electron chi connectivity index (χ4n) is 0.785. The lowest BCUT2D eigenvalue weighted by Crippen LogP contribution is -2.00. The minimum Gasteiger partial charge on any atom is -0.481 e. The summed E-state index contributed by atoms with van der Waals surface area (Å²) in [4.78, 5) is 3.24. The van der Waals surface area contributed by atoms with Gasteiger partial charge in [-0.05, 0) is 28.7 Å². The first-order chi connectivity index (χ1) is 6.06. The number of methoxy groups -OCH3 is 1. The van der Waals surface area contributed by atoms with Crippen molar-refractivity contribution >= 4 is 22.6 Å². The fraction of sp³-hybridized carbons (Fsp3) is 0.286. The van der Waals surface area contributed by atoms with Gasteiger partial charge in [0, 0.05) is 0 Å². The molecular formula is C7H5F3INO. The number of rotatable bonds is 2. The molecule has 0 aliphatic carbocycles. The van der Waals surface area contributed by atoms with Crippen molar-refractivity contribution in [3.05, 3.63) is 21.1 Å². The topological polar surface area (TPSA) is 22.1 Å². The van der Waals surface area contributed by atoms with E-state index in [0.717, 1.165) is 6.07 Å². The molecule has 0 amide bonds. The van der Waals surface area contributed by atoms with Gasteiger partial charge in [0.1, 0.15) is 0 Å². The van der Waals surface area contributed by atoms with Crippen LogP contribution in [0.5, 0.6) is 5.88 Å². The van der Waals surface area contributed by atoms with E-state index < -0.39 is 17.9 Å². The van der Waals surface area contributed by atoms with E-state index in [-0.39, 0.29) is 9.45 Å². The zero-order valence-electron chi connectivity index (χ0n) is 6.52. The molecule has 0 saturated carbocycles. The van der Waals surface area contributed by atoms with Gasteiger partial charge in [-0.25, -0.2) is 8.78 Å². The molecule has 0 N–H and O–H groups in total. The molecule has 0 saturated heterocycles. The number of hydrogen-bond donors (Lipinski definition) is 0. The van der Waals surface area contributed by atoms with Crippen molar-refractivity contribution in [1.82, 2.24) is 4.98 Å². The van der Waals surface area contributed by atoms with Crippen molar-refractivity contribution < 1.29 is 17.9 Å². The molecule has 1 aromatic rings. The van der Waals surface area contributed by atoms with Crippen molar-refractivity contribution in [2.75, 3.05) is 7.11 Å². The molecule has 0 spiro atoms. The Kier molecular flexibility index (Phi) is 3.34. The number of aromatic nitrogens is 1. The lowest BCUT2D eigenvalue weighted by molar-refractivity contribution is 0.145. The zero-order valence-corrected chi connectivity index (χ0v) is 8.68. The minimum atomic E-state index is -2.71. The summed E-state index contributed by atoms with van der Waals surface area (Å²) in [6.45, 7) is 0. The molecule has 0 fully saturated rings. The first-order valence-corrected chi connectivity index (χ1v) is 4.32. The van der Waals surface area contributed by atoms with Crippen LogP contribution in [-0.2, 0) is 0 Å². The summed E-state index contributed by atoms with van der Waals surface area (Å²) in [5.41, 5.74) is -0.395. The zero-order chi connectivity index (χ0) is 10.0. The highest BCUT2D eigenvalue weighted by Gasteiger charge is 2.18. The maximum absolute atomic E-state index is 12.8. The van der Waals surface area contributed by atoms with E-state index in [1.165, 1.54) is 7.11 Å². The molecule has 13 heavy (non-hydrogen) atoms. The maximum Gasteiger partial charge on any atom is 0.269 e. The van der Waals surface area contributed by atoms with Gasteiger partial charge in [0.15, 0.2) is 0 Å². The van der Waals surface area contributed by atoms with Gasteiger partial charge in [0.05, 0.1) is 16.2 Å². The molecule has 0 aliphatic heterocycles. The Bertz CT molecular complexity index is 319. The van der Waals surface area contributed by atoms with Crippen molar-refractivity contribution in [2.45, 2.75) is 6.43 Å². The van der Waals surface area contributed by atoms with Crippen LogP contribution in [0.4, 0.5) is 13.2 Å². The molecule has 0 aromatic carbocycles. The number of hydrogen-bond acceptors (Lipinski definition) is 2. The average molecular weight is 303 g/mol. The summed E-state index contributed by atoms with van der Waals surface area (Å²) in [7, 11) is 1.17. The Labute approximate surface area is 86.3 Å². The Morgan fingerprint density at radius 1 is 1.54 bits per heavy atom. The van der Waals surface area contributed by atoms with Crippen molar-refractivity contribution in [3.63, 3.8) is 0 Å². The molecule has 1 rings (SSSR count). The first-order valence-electron chi connectivity index (χ1n) is 3.24. The van der Waals surface area contributed by atoms with Crippen LogP contribution < -0.4 is 4.74 Å². The maximum atomic E-state index is 12.8. The average Bonchev–Trinajstić information content (AvgIpc) is 2.08. The summed E-state index contributed by atoms with van der Waals surface area (Å²) in [6.07, 6.45) is -2.71. The Balaban J connectivity index is 3.25. The molecule has 1 aromatic heterocycles. The second-order valence-corrected chi connectivity index (χ2v) is 3.32. The molecule has 0 bridgehead atoms. The van der Waals surface area contributed by atoms with E-state index in [0.29, 0.717) is 0 Å². The third-order valence-electron chi connectivity index (χ3n) is 1.35. The number of alkyl halides is 2. The quantitative estimate of drug-likeness (QED) is 0.619. The van der Waals surface area contributed by atoms with E-state index >= 15 is 0 Å². The normalized spacial score (nSPS) is 10.6. The summed E-state index contributed by atoms with van der Waals surface area (Å²) in [5.74, 6) is -1.17. The van der Waals surface area contributed by atoms with Crippen LogP contribution in [0.2, 0.25) is 0 Å². The van der Waals surface area contributed by atoms with Gasteiger partial charge in [-0.3, -0.25) is 0 Å². The summed E-state index contributed by atoms with van der Waals surface area (Å²) < 4.78 is 41.9. The number of halogens is 4. The lowest BCUT2D eigenvalue weighted by Gasteiger charge is -2.06. The summed E-state index contributed by atoms with van der Waals surface area (Å²) in [5, 5.41) is 0. The third kappa shape index (κ3) is 2.23. The molecule has 2 nitrogen and oxygen atoms in total. The van der Waals surface area contributed by atoms with Crippen LogP contribution in [0, 0.1) is 9.52 Å². The first kappa shape index (κ1) is 10.6. The van der Waals surface area contributed by atoms with E-state index in [2.05, 4.69) is 9.72 Å². The van der Waals surface area contributed by atoms with Gasteiger partial charge in [-0.15, -0.1) is 0 Å². The van der Waals surface area contributed by atoms with E-state index in [1.807, 2.05) is 0 Å². The summed E-state index contributed by atoms with van der Waals surface area (Å²) >= 11 is 1.59. The molecule has 0 atom stereocenters. The van der Waals surface area contributed by atoms with Crippen molar-refractivity contribution in [1.29, 1.82) is 0 Å². The van der Waals surface area contributed by atoms with Crippen LogP contribution >= 0.6 is 22.6 Å². The monoisotopic (exact) mass is 303 g/mol. The molecule has 6 heteroatoms. The van der Waals surface area contributed by atoms with Crippen LogP contribution in [0.25, 0.3) is 0 Å². The largest absolute Gasteiger partial charge is 0.481 e. The Morgan fingerprint density at radius 2 is 2.15 bits per heavy atom. The predicted octanol–water partition coefficient (Wildman–Crippen LogP) is 2.77. The van der Waals surface area contributed by atoms with E-state index in [9.17, 15) is 13.2 Å². The Morgan fingerprint density at radius 3 is 2.62 bits per heavy atom. The van der Waals surface area contributed by atoms with E-state index in [4.69, 9.17) is 0 Å². The highest BCUT2D eigenvalue weighted by molar-refractivity contribution is 14.1. The smallest absolute Gasteiger partial charge is 0.269 e. The predicted molar refractivity (Wildman–Crippen MR) is 48.4 cm³/mol. The van der Waals surface area contributed by atoms with Crippen LogP contribution in [-0.4, -0.2) is 12.1 Å². The van der Waals surface area contributed by atoms with Gasteiger partial charge in [0.2, 0.25) is 11.8 Å². The fourth-order valence-corrected chi connectivity index (χ4v) is 1.24. The highest BCUT2D eigenvalue weighted by Crippen LogP contribution is 2.29. The number of pyridine rings is 1. The Hall–Kier alpha value is -0.530. The van der Waals surface area contributed by atoms with Crippen molar-refractivity contribution in [2.24, 2.45) is 0 Å². The van der Waals surface area contributed by atoms with E-state index in [1.54, 1.807) is 22.6 Å². The second kappa shape index (κ2) is 4.12. The molecule has 1 heterocycles. The second-order valence-electron chi connectivity index (χ2n) is 2.16. The van der Waals surface area contributed by atoms with Crippen LogP contribution in [0.15, 0.2) is 6.07 Å². The van der Waals surface area contributed by atoms with Crippen LogP contribution in [0.3, 0.4) is 0 Å². The SMILES string of the molecule is COc1nc(F)c(I)cc1C(F)F. The molecular weight excluding hydrogens is 298 g/mol. The molecule has 0 aliphatic rings. The highest BCUT2D eigenvalue weighted by atomic mass is 127.